The monoisotopic (exact) mass is 272 g/mol. The van der Waals surface area contributed by atoms with Crippen molar-refractivity contribution in [1.29, 1.82) is 0 Å². The van der Waals surface area contributed by atoms with E-state index in [9.17, 15) is 4.39 Å². The Kier molecular flexibility index (Phi) is 4.77. The van der Waals surface area contributed by atoms with Crippen molar-refractivity contribution in [1.82, 2.24) is 0 Å². The molecule has 0 aliphatic rings. The summed E-state index contributed by atoms with van der Waals surface area (Å²) in [5.41, 5.74) is 2.02. The molecule has 0 radical (unpaired) electrons. The van der Waals surface area contributed by atoms with E-state index in [1.807, 2.05) is 24.3 Å². The number of rotatable bonds is 6. The van der Waals surface area contributed by atoms with Crippen molar-refractivity contribution < 1.29 is 13.9 Å². The lowest BCUT2D eigenvalue weighted by Gasteiger charge is -2.12. The molecule has 0 aliphatic carbocycles. The van der Waals surface area contributed by atoms with Crippen LogP contribution in [-0.2, 0) is 13.0 Å². The van der Waals surface area contributed by atoms with Crippen LogP contribution >= 0.6 is 0 Å². The van der Waals surface area contributed by atoms with Gasteiger partial charge < -0.3 is 9.47 Å². The van der Waals surface area contributed by atoms with Gasteiger partial charge in [-0.05, 0) is 41.8 Å². The number of methoxy groups -OCH3 is 1. The van der Waals surface area contributed by atoms with Crippen LogP contribution in [0.1, 0.15) is 11.1 Å². The van der Waals surface area contributed by atoms with E-state index in [4.69, 9.17) is 9.47 Å². The third kappa shape index (κ3) is 3.60. The van der Waals surface area contributed by atoms with Crippen LogP contribution in [0, 0.1) is 5.82 Å². The van der Waals surface area contributed by atoms with Crippen LogP contribution in [0.5, 0.6) is 11.5 Å². The fourth-order valence-electron chi connectivity index (χ4n) is 1.87. The summed E-state index contributed by atoms with van der Waals surface area (Å²) in [5, 5.41) is 0. The third-order valence-corrected chi connectivity index (χ3v) is 2.92. The maximum atomic E-state index is 12.8. The zero-order chi connectivity index (χ0) is 14.4. The summed E-state index contributed by atoms with van der Waals surface area (Å²) in [6, 6.07) is 12.0. The average Bonchev–Trinajstić information content (AvgIpc) is 2.47. The zero-order valence-electron chi connectivity index (χ0n) is 11.4. The molecule has 0 spiro atoms. The minimum Gasteiger partial charge on any atom is -0.493 e. The number of halogens is 1. The van der Waals surface area contributed by atoms with Crippen molar-refractivity contribution in [2.45, 2.75) is 13.0 Å². The molecule has 0 saturated carbocycles. The van der Waals surface area contributed by atoms with Crippen molar-refractivity contribution in [3.63, 3.8) is 0 Å². The van der Waals surface area contributed by atoms with Gasteiger partial charge in [-0.3, -0.25) is 0 Å². The van der Waals surface area contributed by atoms with E-state index in [0.29, 0.717) is 18.1 Å². The molecule has 0 fully saturated rings. The summed E-state index contributed by atoms with van der Waals surface area (Å²) in [4.78, 5) is 0. The zero-order valence-corrected chi connectivity index (χ0v) is 11.4. The number of benzene rings is 2. The molecule has 0 N–H and O–H groups in total. The first-order valence-electron chi connectivity index (χ1n) is 6.38. The molecule has 0 atom stereocenters. The second-order valence-corrected chi connectivity index (χ2v) is 4.39. The molecule has 2 rings (SSSR count). The lowest BCUT2D eigenvalue weighted by molar-refractivity contribution is 0.284. The maximum absolute atomic E-state index is 12.8. The molecule has 2 aromatic rings. The number of ether oxygens (including phenoxy) is 2. The van der Waals surface area contributed by atoms with Gasteiger partial charge in [-0.2, -0.15) is 0 Å². The number of hydrogen-bond donors (Lipinski definition) is 0. The lowest BCUT2D eigenvalue weighted by atomic mass is 10.1. The second kappa shape index (κ2) is 6.75. The molecule has 0 unspecified atom stereocenters. The summed E-state index contributed by atoms with van der Waals surface area (Å²) in [6.07, 6.45) is 2.63. The van der Waals surface area contributed by atoms with Gasteiger partial charge in [0.1, 0.15) is 12.4 Å². The molecular weight excluding hydrogens is 255 g/mol. The van der Waals surface area contributed by atoms with Crippen LogP contribution in [0.2, 0.25) is 0 Å². The van der Waals surface area contributed by atoms with Crippen LogP contribution < -0.4 is 9.47 Å². The van der Waals surface area contributed by atoms with Gasteiger partial charge in [0.15, 0.2) is 11.5 Å². The Labute approximate surface area is 118 Å². The molecule has 104 valence electrons. The highest BCUT2D eigenvalue weighted by atomic mass is 19.1. The minimum absolute atomic E-state index is 0.250. The van der Waals surface area contributed by atoms with E-state index in [2.05, 4.69) is 6.58 Å². The topological polar surface area (TPSA) is 18.5 Å². The smallest absolute Gasteiger partial charge is 0.161 e. The minimum atomic E-state index is -0.250. The van der Waals surface area contributed by atoms with Gasteiger partial charge in [-0.25, -0.2) is 4.39 Å². The normalized spacial score (nSPS) is 10.1. The summed E-state index contributed by atoms with van der Waals surface area (Å²) in [7, 11) is 1.61. The standard InChI is InChI=1S/C17H17FO2/c1-3-4-13-7-10-16(17(11-13)19-2)20-12-14-5-8-15(18)9-6-14/h3,5-11H,1,4,12H2,2H3. The van der Waals surface area contributed by atoms with Gasteiger partial charge in [0.05, 0.1) is 7.11 Å². The Morgan fingerprint density at radius 3 is 2.40 bits per heavy atom. The van der Waals surface area contributed by atoms with Crippen molar-refractivity contribution in [2.75, 3.05) is 7.11 Å². The Morgan fingerprint density at radius 1 is 1.05 bits per heavy atom. The molecule has 3 heteroatoms. The first-order chi connectivity index (χ1) is 9.72. The first kappa shape index (κ1) is 14.1. The third-order valence-electron chi connectivity index (χ3n) is 2.92. The molecule has 0 aliphatic heterocycles. The van der Waals surface area contributed by atoms with Crippen LogP contribution in [0.3, 0.4) is 0 Å². The molecule has 2 nitrogen and oxygen atoms in total. The summed E-state index contributed by atoms with van der Waals surface area (Å²) >= 11 is 0. The van der Waals surface area contributed by atoms with Crippen LogP contribution in [0.4, 0.5) is 4.39 Å². The predicted molar refractivity (Wildman–Crippen MR) is 77.6 cm³/mol. The Hall–Kier alpha value is -2.29. The van der Waals surface area contributed by atoms with Gasteiger partial charge in [-0.1, -0.05) is 24.3 Å². The van der Waals surface area contributed by atoms with Gasteiger partial charge in [0.25, 0.3) is 0 Å². The van der Waals surface area contributed by atoms with Crippen LogP contribution in [-0.4, -0.2) is 7.11 Å². The molecule has 0 saturated heterocycles. The van der Waals surface area contributed by atoms with Crippen LogP contribution in [0.25, 0.3) is 0 Å². The molecule has 0 bridgehead atoms. The van der Waals surface area contributed by atoms with Gasteiger partial charge in [0, 0.05) is 0 Å². The highest BCUT2D eigenvalue weighted by Crippen LogP contribution is 2.29. The van der Waals surface area contributed by atoms with E-state index in [-0.39, 0.29) is 5.82 Å². The summed E-state index contributed by atoms with van der Waals surface area (Å²) in [5.74, 6) is 1.11. The molecule has 20 heavy (non-hydrogen) atoms. The maximum Gasteiger partial charge on any atom is 0.161 e. The summed E-state index contributed by atoms with van der Waals surface area (Å²) < 4.78 is 23.9. The van der Waals surface area contributed by atoms with Crippen molar-refractivity contribution in [3.05, 3.63) is 72.1 Å². The van der Waals surface area contributed by atoms with Gasteiger partial charge >= 0.3 is 0 Å². The first-order valence-corrected chi connectivity index (χ1v) is 6.38. The number of allylic oxidation sites excluding steroid dienone is 1. The molecule has 0 amide bonds. The molecule has 0 heterocycles. The quantitative estimate of drug-likeness (QED) is 0.736. The van der Waals surface area contributed by atoms with Gasteiger partial charge in [-0.15, -0.1) is 6.58 Å². The van der Waals surface area contributed by atoms with E-state index in [1.54, 1.807) is 19.2 Å². The average molecular weight is 272 g/mol. The fraction of sp³-hybridized carbons (Fsp3) is 0.176. The van der Waals surface area contributed by atoms with Crippen molar-refractivity contribution in [2.24, 2.45) is 0 Å². The SMILES string of the molecule is C=CCc1ccc(OCc2ccc(F)cc2)c(OC)c1. The fourth-order valence-corrected chi connectivity index (χ4v) is 1.87. The van der Waals surface area contributed by atoms with Crippen molar-refractivity contribution >= 4 is 0 Å². The Balaban J connectivity index is 2.08. The number of hydrogen-bond acceptors (Lipinski definition) is 2. The summed E-state index contributed by atoms with van der Waals surface area (Å²) in [6.45, 7) is 4.09. The molecule has 0 aromatic heterocycles. The molecule has 2 aromatic carbocycles. The van der Waals surface area contributed by atoms with Crippen molar-refractivity contribution in [3.8, 4) is 11.5 Å². The largest absolute Gasteiger partial charge is 0.493 e. The van der Waals surface area contributed by atoms with E-state index >= 15 is 0 Å². The Morgan fingerprint density at radius 2 is 1.75 bits per heavy atom. The molecular formula is C17H17FO2. The van der Waals surface area contributed by atoms with E-state index < -0.39 is 0 Å². The van der Waals surface area contributed by atoms with Crippen LogP contribution in [0.15, 0.2) is 55.1 Å². The predicted octanol–water partition coefficient (Wildman–Crippen LogP) is 4.14. The highest BCUT2D eigenvalue weighted by Gasteiger charge is 2.06. The van der Waals surface area contributed by atoms with E-state index in [0.717, 1.165) is 17.5 Å². The second-order valence-electron chi connectivity index (χ2n) is 4.39. The van der Waals surface area contributed by atoms with E-state index in [1.165, 1.54) is 12.1 Å². The van der Waals surface area contributed by atoms with Gasteiger partial charge in [0.2, 0.25) is 0 Å². The highest BCUT2D eigenvalue weighted by molar-refractivity contribution is 5.43. The lowest BCUT2D eigenvalue weighted by Crippen LogP contribution is -1.98. The Bertz CT molecular complexity index is 576.